The summed E-state index contributed by atoms with van der Waals surface area (Å²) in [7, 11) is 0. The van der Waals surface area contributed by atoms with Crippen molar-refractivity contribution >= 4 is 21.9 Å². The average molecular weight is 411 g/mol. The zero-order valence-electron chi connectivity index (χ0n) is 15.2. The fraction of sp³-hybridized carbons (Fsp3) is 0.684. The van der Waals surface area contributed by atoms with Crippen LogP contribution in [-0.4, -0.2) is 36.3 Å². The lowest BCUT2D eigenvalue weighted by Crippen LogP contribution is -2.41. The maximum Gasteiger partial charge on any atom is 0.332 e. The maximum atomic E-state index is 12.2. The molecule has 0 radical (unpaired) electrons. The Labute approximate surface area is 158 Å². The number of hydrogen-bond acceptors (Lipinski definition) is 5. The van der Waals surface area contributed by atoms with Crippen LogP contribution in [0, 0.1) is 11.8 Å². The summed E-state index contributed by atoms with van der Waals surface area (Å²) in [6.07, 6.45) is 6.50. The Hall–Kier alpha value is -0.980. The van der Waals surface area contributed by atoms with Gasteiger partial charge < -0.3 is 14.8 Å². The zero-order valence-corrected chi connectivity index (χ0v) is 16.8. The summed E-state index contributed by atoms with van der Waals surface area (Å²) in [4.78, 5) is 16.4. The first kappa shape index (κ1) is 18.8. The van der Waals surface area contributed by atoms with Crippen LogP contribution in [0.1, 0.15) is 45.6 Å². The Morgan fingerprint density at radius 1 is 1.40 bits per heavy atom. The van der Waals surface area contributed by atoms with E-state index in [1.54, 1.807) is 12.4 Å². The smallest absolute Gasteiger partial charge is 0.332 e. The molecule has 0 aromatic carbocycles. The first-order chi connectivity index (χ1) is 11.8. The molecule has 3 rings (SSSR count). The molecular weight excluding hydrogens is 384 g/mol. The second-order valence-corrected chi connectivity index (χ2v) is 9.00. The molecule has 0 bridgehead atoms. The van der Waals surface area contributed by atoms with Gasteiger partial charge in [-0.15, -0.1) is 0 Å². The normalized spacial score (nSPS) is 29.3. The minimum Gasteiger partial charge on any atom is -0.458 e. The number of fused-ring (bicyclic) bond motifs is 1. The van der Waals surface area contributed by atoms with Gasteiger partial charge in [-0.05, 0) is 87.0 Å². The largest absolute Gasteiger partial charge is 0.458 e. The zero-order chi connectivity index (χ0) is 18.1. The highest BCUT2D eigenvalue weighted by molar-refractivity contribution is 9.10. The van der Waals surface area contributed by atoms with Crippen molar-refractivity contribution in [1.82, 2.24) is 10.3 Å². The van der Waals surface area contributed by atoms with E-state index in [1.165, 1.54) is 0 Å². The summed E-state index contributed by atoms with van der Waals surface area (Å²) in [6.45, 7) is 7.69. The molecule has 2 fully saturated rings. The summed E-state index contributed by atoms with van der Waals surface area (Å²) in [5, 5.41) is 3.49. The summed E-state index contributed by atoms with van der Waals surface area (Å²) >= 11 is 3.62. The number of pyridine rings is 1. The van der Waals surface area contributed by atoms with Crippen LogP contribution in [0.15, 0.2) is 22.9 Å². The van der Waals surface area contributed by atoms with Crippen LogP contribution in [0.25, 0.3) is 0 Å². The quantitative estimate of drug-likeness (QED) is 0.770. The monoisotopic (exact) mass is 410 g/mol. The van der Waals surface area contributed by atoms with Crippen molar-refractivity contribution in [2.24, 2.45) is 11.8 Å². The van der Waals surface area contributed by atoms with E-state index in [0.29, 0.717) is 11.8 Å². The standard InChI is InChI=1S/C19H27BrN2O3/c1-18(2,3)25-17(23)12-24-19(15-5-7-21-11-16(15)20)6-4-13-9-22-10-14(13)8-19/h5,7,11,13-14,22H,4,6,8-10,12H2,1-3H3. The van der Waals surface area contributed by atoms with Crippen LogP contribution < -0.4 is 5.32 Å². The molecule has 1 N–H and O–H groups in total. The molecule has 2 heterocycles. The fourth-order valence-electron chi connectivity index (χ4n) is 4.07. The van der Waals surface area contributed by atoms with Crippen molar-refractivity contribution in [3.8, 4) is 0 Å². The van der Waals surface area contributed by atoms with E-state index >= 15 is 0 Å². The van der Waals surface area contributed by atoms with E-state index in [4.69, 9.17) is 9.47 Å². The van der Waals surface area contributed by atoms with E-state index in [2.05, 4.69) is 26.2 Å². The number of nitrogens with zero attached hydrogens (tertiary/aromatic N) is 1. The second-order valence-electron chi connectivity index (χ2n) is 8.15. The Balaban J connectivity index is 1.80. The highest BCUT2D eigenvalue weighted by Crippen LogP contribution is 2.48. The van der Waals surface area contributed by atoms with Gasteiger partial charge in [0.2, 0.25) is 0 Å². The number of nitrogens with one attached hydrogen (secondary N) is 1. The van der Waals surface area contributed by atoms with Gasteiger partial charge in [-0.25, -0.2) is 4.79 Å². The summed E-state index contributed by atoms with van der Waals surface area (Å²) in [5.41, 5.74) is 0.112. The number of carbonyl (C=O) groups excluding carboxylic acids is 1. The third-order valence-corrected chi connectivity index (χ3v) is 5.77. The van der Waals surface area contributed by atoms with Crippen LogP contribution in [-0.2, 0) is 19.9 Å². The molecule has 3 atom stereocenters. The molecule has 0 spiro atoms. The molecule has 5 nitrogen and oxygen atoms in total. The van der Waals surface area contributed by atoms with Gasteiger partial charge in [0.05, 0.1) is 5.60 Å². The average Bonchev–Trinajstić information content (AvgIpc) is 2.99. The molecule has 1 saturated heterocycles. The first-order valence-corrected chi connectivity index (χ1v) is 9.75. The van der Waals surface area contributed by atoms with Crippen LogP contribution >= 0.6 is 15.9 Å². The van der Waals surface area contributed by atoms with Crippen molar-refractivity contribution in [3.63, 3.8) is 0 Å². The van der Waals surface area contributed by atoms with Crippen LogP contribution in [0.4, 0.5) is 0 Å². The first-order valence-electron chi connectivity index (χ1n) is 8.96. The molecule has 1 saturated carbocycles. The van der Waals surface area contributed by atoms with Crippen molar-refractivity contribution in [2.45, 2.75) is 51.2 Å². The summed E-state index contributed by atoms with van der Waals surface area (Å²) < 4.78 is 12.7. The number of aromatic nitrogens is 1. The van der Waals surface area contributed by atoms with Crippen molar-refractivity contribution in [3.05, 3.63) is 28.5 Å². The van der Waals surface area contributed by atoms with Gasteiger partial charge in [-0.3, -0.25) is 4.98 Å². The fourth-order valence-corrected chi connectivity index (χ4v) is 4.69. The third-order valence-electron chi connectivity index (χ3n) is 5.14. The van der Waals surface area contributed by atoms with Crippen molar-refractivity contribution in [1.29, 1.82) is 0 Å². The van der Waals surface area contributed by atoms with Gasteiger partial charge in [0.1, 0.15) is 12.2 Å². The number of hydrogen-bond donors (Lipinski definition) is 1. The molecule has 25 heavy (non-hydrogen) atoms. The summed E-state index contributed by atoms with van der Waals surface area (Å²) in [5.74, 6) is 0.968. The Kier molecular flexibility index (Phi) is 5.51. The SMILES string of the molecule is CC(C)(C)OC(=O)COC1(c2ccncc2Br)CCC2CNCC2C1. The number of carbonyl (C=O) groups is 1. The Morgan fingerprint density at radius 3 is 2.88 bits per heavy atom. The molecule has 3 unspecified atom stereocenters. The van der Waals surface area contributed by atoms with Gasteiger partial charge in [0.15, 0.2) is 0 Å². The molecule has 1 aliphatic carbocycles. The number of halogens is 1. The number of esters is 1. The predicted octanol–water partition coefficient (Wildman–Crippen LogP) is 3.42. The highest BCUT2D eigenvalue weighted by atomic mass is 79.9. The van der Waals surface area contributed by atoms with Crippen LogP contribution in [0.2, 0.25) is 0 Å². The molecule has 138 valence electrons. The maximum absolute atomic E-state index is 12.2. The lowest BCUT2D eigenvalue weighted by atomic mass is 9.70. The topological polar surface area (TPSA) is 60.5 Å². The number of ether oxygens (including phenoxy) is 2. The van der Waals surface area contributed by atoms with Gasteiger partial charge >= 0.3 is 5.97 Å². The minimum atomic E-state index is -0.502. The minimum absolute atomic E-state index is 0.0309. The van der Waals surface area contributed by atoms with E-state index < -0.39 is 11.2 Å². The van der Waals surface area contributed by atoms with E-state index in [0.717, 1.165) is 42.4 Å². The second kappa shape index (κ2) is 7.33. The van der Waals surface area contributed by atoms with E-state index in [1.807, 2.05) is 26.8 Å². The Bertz CT molecular complexity index is 631. The molecule has 6 heteroatoms. The molecule has 1 aromatic rings. The van der Waals surface area contributed by atoms with Crippen LogP contribution in [0.5, 0.6) is 0 Å². The van der Waals surface area contributed by atoms with Crippen molar-refractivity contribution < 1.29 is 14.3 Å². The van der Waals surface area contributed by atoms with E-state index in [-0.39, 0.29) is 12.6 Å². The summed E-state index contributed by atoms with van der Waals surface area (Å²) in [6, 6.07) is 2.00. The number of rotatable bonds is 4. The lowest BCUT2D eigenvalue weighted by Gasteiger charge is -2.42. The molecule has 1 aliphatic heterocycles. The van der Waals surface area contributed by atoms with E-state index in [9.17, 15) is 4.79 Å². The van der Waals surface area contributed by atoms with Gasteiger partial charge in [0.25, 0.3) is 0 Å². The van der Waals surface area contributed by atoms with Gasteiger partial charge in [-0.1, -0.05) is 0 Å². The van der Waals surface area contributed by atoms with Gasteiger partial charge in [0, 0.05) is 22.4 Å². The molecule has 1 aromatic heterocycles. The lowest BCUT2D eigenvalue weighted by molar-refractivity contribution is -0.172. The van der Waals surface area contributed by atoms with Crippen LogP contribution in [0.3, 0.4) is 0 Å². The Morgan fingerprint density at radius 2 is 2.16 bits per heavy atom. The predicted molar refractivity (Wildman–Crippen MR) is 99.1 cm³/mol. The molecule has 0 amide bonds. The third kappa shape index (κ3) is 4.41. The molecule has 2 aliphatic rings. The van der Waals surface area contributed by atoms with Crippen molar-refractivity contribution in [2.75, 3.05) is 19.7 Å². The highest BCUT2D eigenvalue weighted by Gasteiger charge is 2.45. The molecular formula is C19H27BrN2O3. The van der Waals surface area contributed by atoms with Gasteiger partial charge in [-0.2, -0.15) is 0 Å².